The number of methoxy groups -OCH3 is 1. The summed E-state index contributed by atoms with van der Waals surface area (Å²) in [6.45, 7) is 0.796. The normalized spacial score (nSPS) is 11.2. The summed E-state index contributed by atoms with van der Waals surface area (Å²) in [5, 5.41) is 11.5. The quantitative estimate of drug-likeness (QED) is 0.377. The molecule has 0 aliphatic heterocycles. The summed E-state index contributed by atoms with van der Waals surface area (Å²) in [5.74, 6) is 0.122. The van der Waals surface area contributed by atoms with E-state index < -0.39 is 5.91 Å². The van der Waals surface area contributed by atoms with Crippen LogP contribution < -0.4 is 16.4 Å². The van der Waals surface area contributed by atoms with Gasteiger partial charge in [-0.2, -0.15) is 0 Å². The number of carbonyl (C=O) groups excluding carboxylic acids is 1. The molecule has 0 aromatic carbocycles. The second-order valence-electron chi connectivity index (χ2n) is 6.40. The summed E-state index contributed by atoms with van der Waals surface area (Å²) in [4.78, 5) is 30.3. The predicted octanol–water partition coefficient (Wildman–Crippen LogP) is 1.15. The van der Waals surface area contributed by atoms with E-state index in [0.29, 0.717) is 30.2 Å². The van der Waals surface area contributed by atoms with Crippen LogP contribution in [0, 0.1) is 5.41 Å². The van der Waals surface area contributed by atoms with Crippen LogP contribution in [-0.4, -0.2) is 40.1 Å². The molecule has 0 atom stereocenters. The number of nitrogens with zero attached hydrogens (tertiary/aromatic N) is 3. The van der Waals surface area contributed by atoms with E-state index in [2.05, 4.69) is 10.3 Å². The van der Waals surface area contributed by atoms with Gasteiger partial charge in [0.25, 0.3) is 11.5 Å². The van der Waals surface area contributed by atoms with Gasteiger partial charge in [0.05, 0.1) is 30.4 Å². The molecule has 4 heterocycles. The second kappa shape index (κ2) is 7.72. The minimum absolute atomic E-state index is 0.0593. The van der Waals surface area contributed by atoms with E-state index in [9.17, 15) is 9.59 Å². The van der Waals surface area contributed by atoms with Crippen molar-refractivity contribution in [3.63, 3.8) is 0 Å². The molecule has 0 radical (unpaired) electrons. The average molecular weight is 393 g/mol. The van der Waals surface area contributed by atoms with Crippen LogP contribution in [0.25, 0.3) is 16.7 Å². The van der Waals surface area contributed by atoms with Crippen molar-refractivity contribution >= 4 is 22.6 Å². The highest BCUT2D eigenvalue weighted by atomic mass is 16.5. The van der Waals surface area contributed by atoms with Gasteiger partial charge in [0, 0.05) is 19.9 Å². The highest BCUT2D eigenvalue weighted by molar-refractivity contribution is 5.96. The summed E-state index contributed by atoms with van der Waals surface area (Å²) < 4.78 is 13.3. The maximum absolute atomic E-state index is 13.1. The molecule has 2 N–H and O–H groups in total. The van der Waals surface area contributed by atoms with Crippen molar-refractivity contribution in [2.24, 2.45) is 0 Å². The first-order valence-electron chi connectivity index (χ1n) is 8.99. The lowest BCUT2D eigenvalue weighted by molar-refractivity contribution is 0.0934. The molecule has 0 saturated heterocycles. The minimum Gasteiger partial charge on any atom is -0.467 e. The summed E-state index contributed by atoms with van der Waals surface area (Å²) in [6, 6.07) is 10.2. The predicted molar refractivity (Wildman–Crippen MR) is 105 cm³/mol. The molecule has 0 bridgehead atoms. The number of fused-ring (bicyclic) bond motifs is 2. The first-order chi connectivity index (χ1) is 14.1. The molecular weight excluding hydrogens is 374 g/mol. The van der Waals surface area contributed by atoms with Crippen molar-refractivity contribution in [3.8, 4) is 0 Å². The molecule has 4 aromatic rings. The zero-order valence-corrected chi connectivity index (χ0v) is 15.7. The third kappa shape index (κ3) is 3.43. The van der Waals surface area contributed by atoms with E-state index in [-0.39, 0.29) is 28.5 Å². The first-order valence-corrected chi connectivity index (χ1v) is 8.99. The van der Waals surface area contributed by atoms with Crippen molar-refractivity contribution in [1.29, 1.82) is 5.41 Å². The summed E-state index contributed by atoms with van der Waals surface area (Å²) >= 11 is 0. The first kappa shape index (κ1) is 18.6. The Morgan fingerprint density at radius 2 is 2.17 bits per heavy atom. The number of rotatable bonds is 6. The molecule has 0 saturated carbocycles. The summed E-state index contributed by atoms with van der Waals surface area (Å²) in [7, 11) is 1.53. The fourth-order valence-corrected chi connectivity index (χ4v) is 3.13. The van der Waals surface area contributed by atoms with E-state index in [1.807, 2.05) is 0 Å². The van der Waals surface area contributed by atoms with E-state index >= 15 is 0 Å². The van der Waals surface area contributed by atoms with Crippen LogP contribution in [0.4, 0.5) is 0 Å². The number of pyridine rings is 2. The molecule has 29 heavy (non-hydrogen) atoms. The van der Waals surface area contributed by atoms with Crippen molar-refractivity contribution in [1.82, 2.24) is 19.3 Å². The maximum atomic E-state index is 13.1. The van der Waals surface area contributed by atoms with Gasteiger partial charge in [-0.05, 0) is 30.3 Å². The standard InChI is InChI=1S/C20H19N5O4/c1-28-10-7-22-19(26)14-11-15-18(23-16-6-2-3-8-24(16)20(15)27)25(17(14)21)12-13-5-4-9-29-13/h2-6,8-9,11,21H,7,10,12H2,1H3,(H,22,26). The molecule has 4 aromatic heterocycles. The zero-order valence-electron chi connectivity index (χ0n) is 15.7. The van der Waals surface area contributed by atoms with Crippen LogP contribution in [0.2, 0.25) is 0 Å². The van der Waals surface area contributed by atoms with Gasteiger partial charge >= 0.3 is 0 Å². The monoisotopic (exact) mass is 393 g/mol. The summed E-state index contributed by atoms with van der Waals surface area (Å²) in [6.07, 6.45) is 3.15. The number of hydrogen-bond acceptors (Lipinski definition) is 6. The molecule has 9 heteroatoms. The van der Waals surface area contributed by atoms with Gasteiger partial charge in [0.1, 0.15) is 22.5 Å². The van der Waals surface area contributed by atoms with Crippen LogP contribution in [0.5, 0.6) is 0 Å². The lowest BCUT2D eigenvalue weighted by Crippen LogP contribution is -2.36. The third-order valence-electron chi connectivity index (χ3n) is 4.55. The van der Waals surface area contributed by atoms with Crippen LogP contribution in [0.1, 0.15) is 16.1 Å². The van der Waals surface area contributed by atoms with Crippen LogP contribution in [0.3, 0.4) is 0 Å². The average Bonchev–Trinajstić information content (AvgIpc) is 3.24. The molecule has 1 amide bonds. The Morgan fingerprint density at radius 1 is 1.31 bits per heavy atom. The lowest BCUT2D eigenvalue weighted by atomic mass is 10.2. The minimum atomic E-state index is -0.459. The Labute approximate surface area is 164 Å². The van der Waals surface area contributed by atoms with Gasteiger partial charge in [-0.1, -0.05) is 6.07 Å². The molecule has 0 unspecified atom stereocenters. The van der Waals surface area contributed by atoms with Gasteiger partial charge < -0.3 is 19.0 Å². The van der Waals surface area contributed by atoms with E-state index in [1.165, 1.54) is 28.4 Å². The Morgan fingerprint density at radius 3 is 2.93 bits per heavy atom. The van der Waals surface area contributed by atoms with Gasteiger partial charge in [-0.25, -0.2) is 4.98 Å². The van der Waals surface area contributed by atoms with E-state index in [4.69, 9.17) is 14.6 Å². The molecule has 0 spiro atoms. The fraction of sp³-hybridized carbons (Fsp3) is 0.200. The Bertz CT molecular complexity index is 1300. The number of carbonyl (C=O) groups is 1. The van der Waals surface area contributed by atoms with Gasteiger partial charge in [-0.15, -0.1) is 0 Å². The highest BCUT2D eigenvalue weighted by Crippen LogP contribution is 2.12. The van der Waals surface area contributed by atoms with Crippen LogP contribution in [0.15, 0.2) is 58.1 Å². The van der Waals surface area contributed by atoms with Crippen molar-refractivity contribution < 1.29 is 13.9 Å². The third-order valence-corrected chi connectivity index (χ3v) is 4.55. The van der Waals surface area contributed by atoms with E-state index in [0.717, 1.165) is 0 Å². The molecular formula is C20H19N5O4. The van der Waals surface area contributed by atoms with Gasteiger partial charge in [-0.3, -0.25) is 19.4 Å². The molecule has 9 nitrogen and oxygen atoms in total. The summed E-state index contributed by atoms with van der Waals surface area (Å²) in [5.41, 5.74) is 0.474. The Hall–Kier alpha value is -3.72. The fourth-order valence-electron chi connectivity index (χ4n) is 3.13. The van der Waals surface area contributed by atoms with Gasteiger partial charge in [0.2, 0.25) is 0 Å². The molecule has 4 rings (SSSR count). The maximum Gasteiger partial charge on any atom is 0.267 e. The molecule has 0 aliphatic rings. The molecule has 0 fully saturated rings. The molecule has 0 aliphatic carbocycles. The van der Waals surface area contributed by atoms with E-state index in [1.54, 1.807) is 36.5 Å². The Balaban J connectivity index is 1.97. The number of ether oxygens (including phenoxy) is 1. The van der Waals surface area contributed by atoms with Crippen molar-refractivity contribution in [3.05, 3.63) is 76.0 Å². The van der Waals surface area contributed by atoms with Gasteiger partial charge in [0.15, 0.2) is 0 Å². The number of amides is 1. The number of furan rings is 1. The number of nitrogens with one attached hydrogen (secondary N) is 2. The highest BCUT2D eigenvalue weighted by Gasteiger charge is 2.18. The van der Waals surface area contributed by atoms with Crippen LogP contribution in [-0.2, 0) is 11.3 Å². The van der Waals surface area contributed by atoms with Crippen molar-refractivity contribution in [2.45, 2.75) is 6.54 Å². The zero-order chi connectivity index (χ0) is 20.4. The number of aromatic nitrogens is 3. The van der Waals surface area contributed by atoms with Crippen molar-refractivity contribution in [2.75, 3.05) is 20.3 Å². The topological polar surface area (TPSA) is 115 Å². The Kier molecular flexibility index (Phi) is 4.96. The smallest absolute Gasteiger partial charge is 0.267 e. The number of hydrogen-bond donors (Lipinski definition) is 2. The SMILES string of the molecule is COCCNC(=O)c1cc2c(=O)n3ccccc3nc2n(Cc2ccco2)c1=N. The largest absolute Gasteiger partial charge is 0.467 e. The lowest BCUT2D eigenvalue weighted by Gasteiger charge is -2.14. The molecule has 148 valence electrons. The van der Waals surface area contributed by atoms with Crippen LogP contribution >= 0.6 is 0 Å². The second-order valence-corrected chi connectivity index (χ2v) is 6.40.